The van der Waals surface area contributed by atoms with Gasteiger partial charge in [-0.15, -0.1) is 0 Å². The molecule has 3 nitrogen and oxygen atoms in total. The predicted molar refractivity (Wildman–Crippen MR) is 55.3 cm³/mol. The molecule has 0 N–H and O–H groups in total. The Hall–Kier alpha value is 0.0969. The Morgan fingerprint density at radius 1 is 1.23 bits per heavy atom. The highest BCUT2D eigenvalue weighted by molar-refractivity contribution is 6.08. The van der Waals surface area contributed by atoms with Crippen LogP contribution in [0.2, 0.25) is 6.04 Å². The van der Waals surface area contributed by atoms with Crippen LogP contribution >= 0.6 is 0 Å². The summed E-state index contributed by atoms with van der Waals surface area (Å²) in [5, 5.41) is 0. The van der Waals surface area contributed by atoms with Gasteiger partial charge in [0.15, 0.2) is 0 Å². The molecule has 0 aromatic heterocycles. The van der Waals surface area contributed by atoms with Crippen LogP contribution in [0.15, 0.2) is 0 Å². The van der Waals surface area contributed by atoms with Crippen LogP contribution in [0.1, 0.15) is 13.3 Å². The minimum atomic E-state index is 0.392. The Morgan fingerprint density at radius 3 is 1.85 bits per heavy atom. The maximum Gasteiger partial charge on any atom is 0.104 e. The van der Waals surface area contributed by atoms with Crippen molar-refractivity contribution < 1.29 is 14.2 Å². The summed E-state index contributed by atoms with van der Waals surface area (Å²) >= 11 is 0. The molecule has 2 fully saturated rings. The van der Waals surface area contributed by atoms with Crippen LogP contribution in [0.3, 0.4) is 0 Å². The number of epoxide rings is 2. The summed E-state index contributed by atoms with van der Waals surface area (Å²) in [6.45, 7) is 5.48. The largest absolute Gasteiger partial charge is 0.376 e. The van der Waals surface area contributed by atoms with Crippen molar-refractivity contribution in [3.63, 3.8) is 0 Å². The van der Waals surface area contributed by atoms with Crippen LogP contribution in [0, 0.1) is 0 Å². The van der Waals surface area contributed by atoms with Crippen LogP contribution < -0.4 is 0 Å². The molecule has 0 saturated carbocycles. The summed E-state index contributed by atoms with van der Waals surface area (Å²) < 4.78 is 15.1. The lowest BCUT2D eigenvalue weighted by Crippen LogP contribution is -2.06. The molecular formula is C9H20O3Si. The molecule has 0 amide bonds. The quantitative estimate of drug-likeness (QED) is 0.466. The minimum absolute atomic E-state index is 0.392. The predicted octanol–water partition coefficient (Wildman–Crippen LogP) is -0.0193. The van der Waals surface area contributed by atoms with Crippen molar-refractivity contribution in [1.29, 1.82) is 0 Å². The van der Waals surface area contributed by atoms with E-state index in [4.69, 9.17) is 14.2 Å². The van der Waals surface area contributed by atoms with Gasteiger partial charge in [0.1, 0.15) is 12.2 Å². The average molecular weight is 204 g/mol. The first-order valence-electron chi connectivity index (χ1n) is 5.17. The number of ether oxygens (including phenoxy) is 3. The van der Waals surface area contributed by atoms with E-state index in [1.54, 1.807) is 0 Å². The van der Waals surface area contributed by atoms with Gasteiger partial charge in [0.05, 0.1) is 26.4 Å². The van der Waals surface area contributed by atoms with Crippen molar-refractivity contribution >= 4 is 10.2 Å². The van der Waals surface area contributed by atoms with Gasteiger partial charge in [-0.2, -0.15) is 0 Å². The molecule has 0 radical (unpaired) electrons. The van der Waals surface area contributed by atoms with Crippen LogP contribution in [0.5, 0.6) is 0 Å². The lowest BCUT2D eigenvalue weighted by Gasteiger charge is -1.95. The van der Waals surface area contributed by atoms with E-state index in [0.29, 0.717) is 12.2 Å². The molecular weight excluding hydrogens is 184 g/mol. The van der Waals surface area contributed by atoms with Crippen LogP contribution in [0.25, 0.3) is 0 Å². The zero-order valence-electron chi connectivity index (χ0n) is 8.62. The van der Waals surface area contributed by atoms with Crippen LogP contribution in [0.4, 0.5) is 0 Å². The van der Waals surface area contributed by atoms with Gasteiger partial charge in [-0.3, -0.25) is 0 Å². The van der Waals surface area contributed by atoms with Crippen LogP contribution in [-0.2, 0) is 14.2 Å². The smallest absolute Gasteiger partial charge is 0.104 e. The molecule has 2 aliphatic rings. The fourth-order valence-electron chi connectivity index (χ4n) is 0.659. The monoisotopic (exact) mass is 204 g/mol. The third-order valence-corrected chi connectivity index (χ3v) is 2.91. The third kappa shape index (κ3) is 7.19. The first-order valence-corrected chi connectivity index (χ1v) is 6.59. The van der Waals surface area contributed by atoms with Gasteiger partial charge in [0, 0.05) is 10.2 Å². The molecule has 2 saturated heterocycles. The van der Waals surface area contributed by atoms with E-state index in [1.807, 2.05) is 0 Å². The van der Waals surface area contributed by atoms with Crippen molar-refractivity contribution in [1.82, 2.24) is 0 Å². The van der Waals surface area contributed by atoms with Gasteiger partial charge in [0.2, 0.25) is 0 Å². The van der Waals surface area contributed by atoms with E-state index >= 15 is 0 Å². The normalized spacial score (nSPS) is 29.3. The highest BCUT2D eigenvalue weighted by Crippen LogP contribution is 2.12. The zero-order valence-corrected chi connectivity index (χ0v) is 10.6. The Balaban J connectivity index is 0.000000184. The SMILES string of the molecule is C(OCC1CO1)C1CO1.CCC[SiH3]. The van der Waals surface area contributed by atoms with Gasteiger partial charge < -0.3 is 14.2 Å². The fourth-order valence-corrected chi connectivity index (χ4v) is 0.659. The van der Waals surface area contributed by atoms with Gasteiger partial charge in [0.25, 0.3) is 0 Å². The summed E-state index contributed by atoms with van der Waals surface area (Å²) in [5.74, 6) is 0. The molecule has 4 heteroatoms. The molecule has 0 aliphatic carbocycles. The van der Waals surface area contributed by atoms with Crippen molar-refractivity contribution in [2.75, 3.05) is 26.4 Å². The maximum atomic E-state index is 5.23. The molecule has 0 aromatic rings. The summed E-state index contributed by atoms with van der Waals surface area (Å²) in [7, 11) is 1.39. The van der Waals surface area contributed by atoms with Crippen molar-refractivity contribution in [3.8, 4) is 0 Å². The zero-order chi connectivity index (χ0) is 9.52. The van der Waals surface area contributed by atoms with Crippen molar-refractivity contribution in [2.45, 2.75) is 31.6 Å². The molecule has 0 bridgehead atoms. The first-order chi connectivity index (χ1) is 6.36. The van der Waals surface area contributed by atoms with Gasteiger partial charge in [-0.1, -0.05) is 19.4 Å². The van der Waals surface area contributed by atoms with Gasteiger partial charge >= 0.3 is 0 Å². The van der Waals surface area contributed by atoms with Gasteiger partial charge in [-0.05, 0) is 0 Å². The molecule has 0 spiro atoms. The number of hydrogen-bond acceptors (Lipinski definition) is 3. The van der Waals surface area contributed by atoms with Crippen molar-refractivity contribution in [3.05, 3.63) is 0 Å². The second-order valence-corrected chi connectivity index (χ2v) is 4.45. The highest BCUT2D eigenvalue weighted by atomic mass is 28.1. The van der Waals surface area contributed by atoms with E-state index in [9.17, 15) is 0 Å². The van der Waals surface area contributed by atoms with E-state index in [2.05, 4.69) is 6.92 Å². The second kappa shape index (κ2) is 6.54. The number of rotatable bonds is 5. The summed E-state index contributed by atoms with van der Waals surface area (Å²) in [6, 6.07) is 1.46. The summed E-state index contributed by atoms with van der Waals surface area (Å²) in [6.07, 6.45) is 2.17. The number of hydrogen-bond donors (Lipinski definition) is 0. The molecule has 2 aliphatic heterocycles. The van der Waals surface area contributed by atoms with E-state index < -0.39 is 0 Å². The maximum absolute atomic E-state index is 5.23. The fraction of sp³-hybridized carbons (Fsp3) is 1.00. The molecule has 78 valence electrons. The average Bonchev–Trinajstić information content (AvgIpc) is 2.98. The molecule has 2 atom stereocenters. The van der Waals surface area contributed by atoms with E-state index in [0.717, 1.165) is 26.4 Å². The lowest BCUT2D eigenvalue weighted by molar-refractivity contribution is 0.102. The van der Waals surface area contributed by atoms with Crippen LogP contribution in [-0.4, -0.2) is 48.9 Å². The molecule has 13 heavy (non-hydrogen) atoms. The van der Waals surface area contributed by atoms with Crippen molar-refractivity contribution in [2.24, 2.45) is 0 Å². The van der Waals surface area contributed by atoms with E-state index in [-0.39, 0.29) is 0 Å². The molecule has 2 unspecified atom stereocenters. The summed E-state index contributed by atoms with van der Waals surface area (Å²) in [4.78, 5) is 0. The second-order valence-electron chi connectivity index (χ2n) is 3.45. The minimum Gasteiger partial charge on any atom is -0.376 e. The third-order valence-electron chi connectivity index (χ3n) is 1.91. The first kappa shape index (κ1) is 11.2. The van der Waals surface area contributed by atoms with E-state index in [1.165, 1.54) is 22.7 Å². The standard InChI is InChI=1S/C6H10O3.C3H10Si/c1(5-3-8-5)7-2-6-4-9-6;1-2-3-4/h5-6H,1-4H2;2-3H2,1,4H3. The molecule has 2 rings (SSSR count). The Morgan fingerprint density at radius 2 is 1.62 bits per heavy atom. The summed E-state index contributed by atoms with van der Waals surface area (Å²) in [5.41, 5.74) is 0. The highest BCUT2D eigenvalue weighted by Gasteiger charge is 2.26. The van der Waals surface area contributed by atoms with Gasteiger partial charge in [-0.25, -0.2) is 0 Å². The molecule has 2 heterocycles. The Labute approximate surface area is 83.2 Å². The lowest BCUT2D eigenvalue weighted by atomic mass is 10.5. The topological polar surface area (TPSA) is 34.3 Å². The Kier molecular flexibility index (Phi) is 5.62. The Bertz CT molecular complexity index is 110. The molecule has 0 aromatic carbocycles.